The van der Waals surface area contributed by atoms with E-state index in [0.29, 0.717) is 13.8 Å². The minimum Gasteiger partial charge on any atom is -0.449 e. The number of rotatable bonds is 9. The van der Waals surface area contributed by atoms with Crippen LogP contribution in [-0.4, -0.2) is 56.5 Å². The summed E-state index contributed by atoms with van der Waals surface area (Å²) >= 11 is 36.8. The molecule has 0 radical (unpaired) electrons. The minimum atomic E-state index is -5.12. The summed E-state index contributed by atoms with van der Waals surface area (Å²) in [6.45, 7) is 5.77. The Morgan fingerprint density at radius 2 is 0.930 bits per heavy atom. The highest BCUT2D eigenvalue weighted by Gasteiger charge is 2.54. The van der Waals surface area contributed by atoms with Gasteiger partial charge in [0.15, 0.2) is 0 Å². The predicted molar refractivity (Wildman–Crippen MR) is 256 cm³/mol. The molecule has 0 aliphatic carbocycles. The number of nitrogens with one attached hydrogen (secondary N) is 3. The highest BCUT2D eigenvalue weighted by Crippen LogP contribution is 2.45. The van der Waals surface area contributed by atoms with Crippen LogP contribution in [0.2, 0.25) is 0 Å². The molecule has 4 aromatic rings. The van der Waals surface area contributed by atoms with Crippen molar-refractivity contribution in [3.63, 3.8) is 0 Å². The second-order valence-electron chi connectivity index (χ2n) is 15.1. The highest BCUT2D eigenvalue weighted by molar-refractivity contribution is 6.68. The smallest absolute Gasteiger partial charge is 0.426 e. The van der Waals surface area contributed by atoms with Gasteiger partial charge in [-0.05, 0) is 111 Å². The monoisotopic (exact) mass is 1140 g/mol. The summed E-state index contributed by atoms with van der Waals surface area (Å²) in [5.41, 5.74) is -1.65. The first-order chi connectivity index (χ1) is 32.3. The Kier molecular flexibility index (Phi) is 21.4. The van der Waals surface area contributed by atoms with E-state index >= 15 is 0 Å². The van der Waals surface area contributed by atoms with Gasteiger partial charge in [-0.2, -0.15) is 36.9 Å². The van der Waals surface area contributed by atoms with E-state index in [0.717, 1.165) is 24.3 Å². The third-order valence-electron chi connectivity index (χ3n) is 9.48. The summed E-state index contributed by atoms with van der Waals surface area (Å²) < 4.78 is 112. The largest absolute Gasteiger partial charge is 0.449 e. The molecule has 5 N–H and O–H groups in total. The van der Waals surface area contributed by atoms with E-state index in [1.807, 2.05) is 12.1 Å². The maximum Gasteiger partial charge on any atom is 0.426 e. The fourth-order valence-electron chi connectivity index (χ4n) is 5.69. The molecule has 71 heavy (non-hydrogen) atoms. The van der Waals surface area contributed by atoms with Crippen molar-refractivity contribution in [3.05, 3.63) is 116 Å². The van der Waals surface area contributed by atoms with Crippen molar-refractivity contribution in [2.24, 2.45) is 0 Å². The number of nitrogens with two attached hydrogens (primary N) is 1. The lowest BCUT2D eigenvalue weighted by molar-refractivity contribution is -0.229. The van der Waals surface area contributed by atoms with Crippen molar-refractivity contribution in [2.75, 3.05) is 34.9 Å². The van der Waals surface area contributed by atoms with Gasteiger partial charge in [0.25, 0.3) is 11.8 Å². The minimum absolute atomic E-state index is 0.00141. The second kappa shape index (κ2) is 24.5. The van der Waals surface area contributed by atoms with Gasteiger partial charge in [-0.15, -0.1) is 0 Å². The van der Waals surface area contributed by atoms with Crippen LogP contribution in [0.4, 0.5) is 67.5 Å². The second-order valence-corrected chi connectivity index (χ2v) is 20.5. The van der Waals surface area contributed by atoms with Gasteiger partial charge in [0, 0.05) is 34.1 Å². The van der Waals surface area contributed by atoms with E-state index < -0.39 is 72.3 Å². The van der Waals surface area contributed by atoms with Gasteiger partial charge in [0.05, 0.1) is 22.5 Å². The molecule has 4 aromatic carbocycles. The van der Waals surface area contributed by atoms with Crippen molar-refractivity contribution < 1.29 is 63.8 Å². The number of aryl methyl sites for hydroxylation is 4. The molecule has 0 heterocycles. The van der Waals surface area contributed by atoms with Crippen LogP contribution in [0, 0.1) is 50.4 Å². The molecule has 0 aliphatic heterocycles. The number of benzene rings is 4. The van der Waals surface area contributed by atoms with Crippen LogP contribution in [0.25, 0.3) is 0 Å². The molecular formula is C44H37Cl7F8N6O6. The highest BCUT2D eigenvalue weighted by atomic mass is 35.6. The van der Waals surface area contributed by atoms with Crippen LogP contribution >= 0.6 is 81.2 Å². The van der Waals surface area contributed by atoms with E-state index in [1.165, 1.54) is 64.1 Å². The van der Waals surface area contributed by atoms with Crippen LogP contribution in [0.3, 0.4) is 0 Å². The molecule has 12 nitrogen and oxygen atoms in total. The molecule has 0 bridgehead atoms. The first-order valence-corrected chi connectivity index (χ1v) is 22.0. The number of ether oxygens (including phenoxy) is 2. The fourth-order valence-corrected chi connectivity index (χ4v) is 6.07. The summed E-state index contributed by atoms with van der Waals surface area (Å²) in [7, 11) is 0. The van der Waals surface area contributed by atoms with Gasteiger partial charge in [0.1, 0.15) is 25.4 Å². The number of nitrogens with zero attached hydrogens (tertiary/aromatic N) is 2. The Balaban J connectivity index is 0.000000424. The lowest BCUT2D eigenvalue weighted by Gasteiger charge is -2.25. The molecule has 0 fully saturated rings. The normalized spacial score (nSPS) is 13.2. The molecule has 0 spiro atoms. The van der Waals surface area contributed by atoms with Crippen LogP contribution in [0.15, 0.2) is 60.7 Å². The zero-order valence-corrected chi connectivity index (χ0v) is 42.6. The summed E-state index contributed by atoms with van der Waals surface area (Å²) in [6.07, 6.45) is -11.2. The number of hydrogen-bond donors (Lipinski definition) is 4. The van der Waals surface area contributed by atoms with E-state index in [-0.39, 0.29) is 73.9 Å². The molecule has 3 amide bonds. The number of carbonyl (C=O) groups excluding carboxylic acids is 4. The molecular weight excluding hydrogens is 1110 g/mol. The summed E-state index contributed by atoms with van der Waals surface area (Å²) in [5, 5.41) is 25.5. The van der Waals surface area contributed by atoms with Crippen LogP contribution in [-0.2, 0) is 20.8 Å². The van der Waals surface area contributed by atoms with Crippen molar-refractivity contribution in [1.29, 1.82) is 10.5 Å². The number of carbonyl (C=O) groups is 4. The molecule has 4 rings (SSSR count). The number of halogens is 15. The fraction of sp³-hybridized carbons (Fsp3) is 0.318. The first-order valence-electron chi connectivity index (χ1n) is 19.4. The Hall–Kier alpha value is -5.19. The van der Waals surface area contributed by atoms with Crippen molar-refractivity contribution in [1.82, 2.24) is 0 Å². The van der Waals surface area contributed by atoms with Gasteiger partial charge in [-0.3, -0.25) is 14.9 Å². The number of anilines is 4. The van der Waals surface area contributed by atoms with Gasteiger partial charge in [-0.1, -0.05) is 93.9 Å². The first kappa shape index (κ1) is 61.9. The number of nitrogen functional groups attached to an aromatic ring is 1. The predicted octanol–water partition coefficient (Wildman–Crippen LogP) is 14.6. The molecule has 0 saturated heterocycles. The average molecular weight is 1150 g/mol. The lowest BCUT2D eigenvalue weighted by atomic mass is 9.92. The molecule has 0 aliphatic rings. The number of nitriles is 2. The van der Waals surface area contributed by atoms with Crippen LogP contribution < -0.4 is 21.7 Å². The van der Waals surface area contributed by atoms with Gasteiger partial charge in [-0.25, -0.2) is 18.4 Å². The summed E-state index contributed by atoms with van der Waals surface area (Å²) in [4.78, 5) is 47.0. The average Bonchev–Trinajstić information content (AvgIpc) is 3.23. The quantitative estimate of drug-likeness (QED) is 0.0545. The van der Waals surface area contributed by atoms with Gasteiger partial charge < -0.3 is 25.8 Å². The number of amides is 3. The van der Waals surface area contributed by atoms with E-state index in [2.05, 4.69) is 20.7 Å². The molecule has 2 unspecified atom stereocenters. The molecule has 2 atom stereocenters. The summed E-state index contributed by atoms with van der Waals surface area (Å²) in [5.74, 6) is -1.26. The lowest BCUT2D eigenvalue weighted by Crippen LogP contribution is -2.35. The summed E-state index contributed by atoms with van der Waals surface area (Å²) in [6, 6.07) is 15.7. The third-order valence-corrected chi connectivity index (χ3v) is 10.2. The Labute approximate surface area is 435 Å². The standard InChI is InChI=1S/C22H18Cl3F4N3O3.C19H17F4N3O.C3H2Cl4O2/c1-11-6-15(20(3,26)22(27,28)29)7-12(2)17(11)32-18(33)13-4-5-14(9-30)16(8-13)31-19(34)35-10-21(23,24)25;1-10-6-14(18(3,20)19(21,22)23)7-11(2)16(10)26-17(27)12-4-5-13(9-24)15(25)8-12;4-2(8)9-1-3(5,6)7/h4-8H,10H2,1-3H3,(H,31,34)(H,32,33);4-8H,25H2,1-3H3,(H,26,27);1H2. The maximum absolute atomic E-state index is 14.4. The topological polar surface area (TPSA) is 196 Å². The Morgan fingerprint density at radius 3 is 1.24 bits per heavy atom. The zero-order chi connectivity index (χ0) is 54.8. The molecule has 0 saturated carbocycles. The van der Waals surface area contributed by atoms with Crippen LogP contribution in [0.1, 0.15) is 79.1 Å². The Bertz CT molecular complexity index is 2690. The van der Waals surface area contributed by atoms with E-state index in [1.54, 1.807) is 0 Å². The number of alkyl halides is 14. The molecule has 384 valence electrons. The Morgan fingerprint density at radius 1 is 0.577 bits per heavy atom. The van der Waals surface area contributed by atoms with Gasteiger partial charge in [0.2, 0.25) is 18.9 Å². The van der Waals surface area contributed by atoms with Crippen molar-refractivity contribution in [2.45, 2.75) is 72.8 Å². The van der Waals surface area contributed by atoms with E-state index in [9.17, 15) is 59.6 Å². The molecule has 27 heteroatoms. The zero-order valence-electron chi connectivity index (χ0n) is 37.3. The molecule has 0 aromatic heterocycles. The number of hydrogen-bond acceptors (Lipinski definition) is 9. The van der Waals surface area contributed by atoms with Crippen molar-refractivity contribution in [3.8, 4) is 12.1 Å². The third kappa shape index (κ3) is 18.1. The van der Waals surface area contributed by atoms with E-state index in [4.69, 9.17) is 96.9 Å². The van der Waals surface area contributed by atoms with Gasteiger partial charge >= 0.3 is 23.9 Å². The van der Waals surface area contributed by atoms with Crippen molar-refractivity contribution >= 4 is 127 Å². The maximum atomic E-state index is 14.4. The van der Waals surface area contributed by atoms with Crippen LogP contribution in [0.5, 0.6) is 0 Å². The SMILES string of the molecule is Cc1cc(C(C)(F)C(F)(F)F)cc(C)c1NC(=O)c1ccc(C#N)c(N)c1.Cc1cc(C(C)(F)C(F)(F)F)cc(C)c1NC(=O)c1ccc(C#N)c(NC(=O)OCC(Cl)(Cl)Cl)c1.O=C(Cl)OCC(Cl)(Cl)Cl.